The van der Waals surface area contributed by atoms with Crippen molar-refractivity contribution >= 4 is 29.3 Å². The van der Waals surface area contributed by atoms with Crippen molar-refractivity contribution in [2.45, 2.75) is 31.1 Å². The van der Waals surface area contributed by atoms with Crippen LogP contribution >= 0.6 is 11.8 Å². The van der Waals surface area contributed by atoms with Crippen LogP contribution in [0.5, 0.6) is 5.75 Å². The van der Waals surface area contributed by atoms with Crippen molar-refractivity contribution < 1.29 is 23.9 Å². The van der Waals surface area contributed by atoms with Gasteiger partial charge in [0.1, 0.15) is 5.75 Å². The number of hydrogen-bond donors (Lipinski definition) is 0. The molecule has 0 aliphatic rings. The maximum atomic E-state index is 12.2. The summed E-state index contributed by atoms with van der Waals surface area (Å²) in [7, 11) is 0. The van der Waals surface area contributed by atoms with Crippen molar-refractivity contribution in [3.63, 3.8) is 0 Å². The van der Waals surface area contributed by atoms with Gasteiger partial charge in [0.15, 0.2) is 18.2 Å². The Morgan fingerprint density at radius 2 is 1.46 bits per heavy atom. The molecule has 2 aromatic carbocycles. The molecule has 0 aliphatic carbocycles. The van der Waals surface area contributed by atoms with E-state index in [0.29, 0.717) is 23.5 Å². The fraction of sp³-hybridized carbons (Fsp3) is 0.318. The van der Waals surface area contributed by atoms with Crippen molar-refractivity contribution in [3.05, 3.63) is 59.7 Å². The summed E-state index contributed by atoms with van der Waals surface area (Å²) in [5.41, 5.74) is 1.01. The third-order valence-electron chi connectivity index (χ3n) is 3.98. The van der Waals surface area contributed by atoms with Gasteiger partial charge in [-0.3, -0.25) is 14.4 Å². The minimum Gasteiger partial charge on any atom is -0.494 e. The summed E-state index contributed by atoms with van der Waals surface area (Å²) in [6, 6.07) is 13.9. The van der Waals surface area contributed by atoms with Crippen LogP contribution in [-0.2, 0) is 9.53 Å². The fourth-order valence-electron chi connectivity index (χ4n) is 2.40. The molecule has 0 radical (unpaired) electrons. The van der Waals surface area contributed by atoms with Crippen LogP contribution in [0.15, 0.2) is 53.4 Å². The largest absolute Gasteiger partial charge is 0.494 e. The monoisotopic (exact) mass is 400 g/mol. The molecule has 0 saturated heterocycles. The predicted molar refractivity (Wildman–Crippen MR) is 109 cm³/mol. The number of thioether (sulfide) groups is 1. The van der Waals surface area contributed by atoms with Gasteiger partial charge in [0, 0.05) is 22.4 Å². The van der Waals surface area contributed by atoms with E-state index in [2.05, 4.69) is 0 Å². The van der Waals surface area contributed by atoms with Crippen molar-refractivity contribution in [2.24, 2.45) is 0 Å². The summed E-state index contributed by atoms with van der Waals surface area (Å²) in [6.45, 7) is 2.32. The minimum atomic E-state index is -0.565. The van der Waals surface area contributed by atoms with Crippen LogP contribution in [0.3, 0.4) is 0 Å². The van der Waals surface area contributed by atoms with Gasteiger partial charge in [-0.15, -0.1) is 11.8 Å². The maximum Gasteiger partial charge on any atom is 0.306 e. The molecule has 0 saturated carbocycles. The molecule has 2 aromatic rings. The molecule has 28 heavy (non-hydrogen) atoms. The molecule has 0 aliphatic heterocycles. The van der Waals surface area contributed by atoms with Crippen molar-refractivity contribution in [3.8, 4) is 5.75 Å². The Labute approximate surface area is 169 Å². The molecular formula is C22H24O5S. The first-order chi connectivity index (χ1) is 13.5. The Morgan fingerprint density at radius 3 is 2.07 bits per heavy atom. The van der Waals surface area contributed by atoms with Gasteiger partial charge >= 0.3 is 5.97 Å². The lowest BCUT2D eigenvalue weighted by molar-refractivity contribution is -0.142. The Bertz CT molecular complexity index is 797. The lowest BCUT2D eigenvalue weighted by Gasteiger charge is -2.06. The first-order valence-electron chi connectivity index (χ1n) is 9.12. The van der Waals surface area contributed by atoms with E-state index in [-0.39, 0.29) is 31.0 Å². The Morgan fingerprint density at radius 1 is 0.857 bits per heavy atom. The van der Waals surface area contributed by atoms with Gasteiger partial charge in [0.25, 0.3) is 0 Å². The van der Waals surface area contributed by atoms with E-state index in [0.717, 1.165) is 11.3 Å². The molecule has 0 bridgehead atoms. The van der Waals surface area contributed by atoms with Crippen molar-refractivity contribution in [1.82, 2.24) is 0 Å². The summed E-state index contributed by atoms with van der Waals surface area (Å²) >= 11 is 1.58. The van der Waals surface area contributed by atoms with Gasteiger partial charge in [0.2, 0.25) is 0 Å². The molecule has 5 nitrogen and oxygen atoms in total. The van der Waals surface area contributed by atoms with E-state index in [1.807, 2.05) is 25.3 Å². The van der Waals surface area contributed by atoms with E-state index in [1.54, 1.807) is 48.2 Å². The Balaban J connectivity index is 1.75. The van der Waals surface area contributed by atoms with Crippen LogP contribution in [0.2, 0.25) is 0 Å². The highest BCUT2D eigenvalue weighted by Gasteiger charge is 2.13. The zero-order valence-corrected chi connectivity index (χ0v) is 16.9. The number of ether oxygens (including phenoxy) is 2. The van der Waals surface area contributed by atoms with Gasteiger partial charge in [-0.2, -0.15) is 0 Å². The zero-order chi connectivity index (χ0) is 20.4. The van der Waals surface area contributed by atoms with E-state index >= 15 is 0 Å². The fourth-order valence-corrected chi connectivity index (χ4v) is 2.80. The summed E-state index contributed by atoms with van der Waals surface area (Å²) in [4.78, 5) is 37.1. The third-order valence-corrected chi connectivity index (χ3v) is 4.73. The topological polar surface area (TPSA) is 69.7 Å². The molecule has 0 N–H and O–H groups in total. The van der Waals surface area contributed by atoms with E-state index in [9.17, 15) is 14.4 Å². The van der Waals surface area contributed by atoms with Gasteiger partial charge in [-0.25, -0.2) is 0 Å². The average Bonchev–Trinajstić information content (AvgIpc) is 2.74. The summed E-state index contributed by atoms with van der Waals surface area (Å²) in [6.07, 6.45) is 2.83. The highest BCUT2D eigenvalue weighted by molar-refractivity contribution is 7.98. The summed E-state index contributed by atoms with van der Waals surface area (Å²) in [5.74, 6) is -0.278. The molecule has 2 rings (SSSR count). The number of hydrogen-bond acceptors (Lipinski definition) is 6. The molecule has 0 unspecified atom stereocenters. The summed E-state index contributed by atoms with van der Waals surface area (Å²) in [5, 5.41) is 0. The standard InChI is InChI=1S/C22H24O5S/c1-3-14-26-18-8-4-16(5-9-18)20(23)12-13-22(25)27-15-21(24)17-6-10-19(28-2)11-7-17/h4-11H,3,12-15H2,1-2H3. The Kier molecular flexibility index (Phi) is 8.75. The van der Waals surface area contributed by atoms with Gasteiger partial charge in [-0.1, -0.05) is 19.1 Å². The second-order valence-corrected chi connectivity index (χ2v) is 6.99. The zero-order valence-electron chi connectivity index (χ0n) is 16.1. The highest BCUT2D eigenvalue weighted by Crippen LogP contribution is 2.16. The number of Topliss-reactive ketones (excluding diaryl/α,β-unsaturated/α-hetero) is 2. The van der Waals surface area contributed by atoms with Crippen LogP contribution in [0.4, 0.5) is 0 Å². The van der Waals surface area contributed by atoms with Gasteiger partial charge in [-0.05, 0) is 49.1 Å². The van der Waals surface area contributed by atoms with Crippen LogP contribution in [0, 0.1) is 0 Å². The number of benzene rings is 2. The molecule has 0 amide bonds. The SMILES string of the molecule is CCCOc1ccc(C(=O)CCC(=O)OCC(=O)c2ccc(SC)cc2)cc1. The van der Waals surface area contributed by atoms with E-state index < -0.39 is 5.97 Å². The number of rotatable bonds is 11. The second kappa shape index (κ2) is 11.3. The smallest absolute Gasteiger partial charge is 0.306 e. The number of esters is 1. The normalized spacial score (nSPS) is 10.4. The Hall–Kier alpha value is -2.60. The molecule has 148 valence electrons. The number of carbonyl (C=O) groups excluding carboxylic acids is 3. The third kappa shape index (κ3) is 6.85. The molecular weight excluding hydrogens is 376 g/mol. The van der Waals surface area contributed by atoms with E-state index in [1.165, 1.54) is 0 Å². The predicted octanol–water partition coefficient (Wildman–Crippen LogP) is 4.59. The van der Waals surface area contributed by atoms with Crippen molar-refractivity contribution in [1.29, 1.82) is 0 Å². The first kappa shape index (κ1) is 21.7. The van der Waals surface area contributed by atoms with Gasteiger partial charge in [0.05, 0.1) is 13.0 Å². The maximum absolute atomic E-state index is 12.2. The quantitative estimate of drug-likeness (QED) is 0.312. The van der Waals surface area contributed by atoms with Crippen LogP contribution in [0.25, 0.3) is 0 Å². The number of carbonyl (C=O) groups is 3. The van der Waals surface area contributed by atoms with Crippen LogP contribution < -0.4 is 4.74 Å². The lowest BCUT2D eigenvalue weighted by atomic mass is 10.1. The van der Waals surface area contributed by atoms with Gasteiger partial charge < -0.3 is 9.47 Å². The molecule has 0 heterocycles. The molecule has 6 heteroatoms. The lowest BCUT2D eigenvalue weighted by Crippen LogP contribution is -2.15. The van der Waals surface area contributed by atoms with Crippen LogP contribution in [-0.4, -0.2) is 37.0 Å². The minimum absolute atomic E-state index is 0.0323. The molecule has 0 spiro atoms. The van der Waals surface area contributed by atoms with Crippen molar-refractivity contribution in [2.75, 3.05) is 19.5 Å². The van der Waals surface area contributed by atoms with E-state index in [4.69, 9.17) is 9.47 Å². The highest BCUT2D eigenvalue weighted by atomic mass is 32.2. The first-order valence-corrected chi connectivity index (χ1v) is 10.3. The van der Waals surface area contributed by atoms with Crippen LogP contribution in [0.1, 0.15) is 46.9 Å². The summed E-state index contributed by atoms with van der Waals surface area (Å²) < 4.78 is 10.5. The second-order valence-electron chi connectivity index (χ2n) is 6.11. The molecule has 0 fully saturated rings. The number of ketones is 2. The molecule has 0 aromatic heterocycles. The average molecular weight is 400 g/mol. The molecule has 0 atom stereocenters.